The Morgan fingerprint density at radius 3 is 1.01 bits per heavy atom. The SMILES string of the molecule is CCCCCC(=O)CC(COCCC(=O)CCCCCC(=O)CCCCOC1OC(CO)C(O)C(O)C1C)(COCCC(=O)CCCCCC(=O)CCCCOC1OC(CO)C(O)C(O)C1C)COCCC(=O)NCCCNC(=O)CCCCOC1OC(CO)C(O)C(O)C1C. The van der Waals surface area contributed by atoms with E-state index in [4.69, 9.17) is 42.6 Å². The van der Waals surface area contributed by atoms with Crippen LogP contribution in [-0.2, 0) is 76.2 Å². The van der Waals surface area contributed by atoms with E-state index in [1.54, 1.807) is 20.8 Å². The number of carbonyl (C=O) groups is 7. The summed E-state index contributed by atoms with van der Waals surface area (Å²) in [5.41, 5.74) is -1.02. The van der Waals surface area contributed by atoms with Crippen molar-refractivity contribution < 1.29 is 122 Å². The van der Waals surface area contributed by atoms with Gasteiger partial charge < -0.3 is 99.2 Å². The molecule has 0 aromatic heterocycles. The van der Waals surface area contributed by atoms with E-state index >= 15 is 0 Å². The van der Waals surface area contributed by atoms with Crippen molar-refractivity contribution >= 4 is 40.7 Å². The molecular weight excluding hydrogens is 1260 g/mol. The second-order valence-corrected chi connectivity index (χ2v) is 26.6. The van der Waals surface area contributed by atoms with Crippen LogP contribution in [0.1, 0.15) is 207 Å². The number of ether oxygens (including phenoxy) is 9. The summed E-state index contributed by atoms with van der Waals surface area (Å²) in [4.78, 5) is 90.3. The Hall–Kier alpha value is -3.43. The summed E-state index contributed by atoms with van der Waals surface area (Å²) in [5.74, 6) is -1.76. The van der Waals surface area contributed by atoms with Crippen LogP contribution in [0.4, 0.5) is 0 Å². The molecule has 0 aromatic carbocycles. The van der Waals surface area contributed by atoms with Crippen LogP contribution in [0.15, 0.2) is 0 Å². The van der Waals surface area contributed by atoms with Gasteiger partial charge in [0, 0.05) is 133 Å². The minimum atomic E-state index is -1.22. The van der Waals surface area contributed by atoms with Gasteiger partial charge in [-0.3, -0.25) is 33.6 Å². The number of amides is 2. The van der Waals surface area contributed by atoms with Crippen LogP contribution >= 0.6 is 0 Å². The predicted molar refractivity (Wildman–Crippen MR) is 350 cm³/mol. The van der Waals surface area contributed by atoms with E-state index in [9.17, 15) is 79.5 Å². The molecule has 27 heteroatoms. The molecule has 2 amide bonds. The lowest BCUT2D eigenvalue weighted by Crippen LogP contribution is -2.55. The minimum absolute atomic E-state index is 0.000323. The third-order valence-electron chi connectivity index (χ3n) is 18.1. The molecule has 96 heavy (non-hydrogen) atoms. The average Bonchev–Trinajstić information content (AvgIpc) is 0.866. The molecule has 3 fully saturated rings. The summed E-state index contributed by atoms with van der Waals surface area (Å²) in [6, 6.07) is 0. The second kappa shape index (κ2) is 50.8. The fourth-order valence-electron chi connectivity index (χ4n) is 11.7. The first-order valence-corrected chi connectivity index (χ1v) is 35.7. The fourth-order valence-corrected chi connectivity index (χ4v) is 11.7. The monoisotopic (exact) mass is 1380 g/mol. The van der Waals surface area contributed by atoms with Gasteiger partial charge in [-0.25, -0.2) is 0 Å². The molecule has 11 N–H and O–H groups in total. The van der Waals surface area contributed by atoms with Gasteiger partial charge in [-0.1, -0.05) is 53.4 Å². The van der Waals surface area contributed by atoms with Gasteiger partial charge in [-0.05, 0) is 77.0 Å². The molecule has 0 aromatic rings. The third-order valence-corrected chi connectivity index (χ3v) is 18.1. The molecule has 15 unspecified atom stereocenters. The van der Waals surface area contributed by atoms with Gasteiger partial charge in [0.2, 0.25) is 11.8 Å². The average molecular weight is 1380 g/mol. The van der Waals surface area contributed by atoms with Gasteiger partial charge >= 0.3 is 0 Å². The normalized spacial score (nSPS) is 26.7. The molecule has 15 atom stereocenters. The molecule has 0 spiro atoms. The Morgan fingerprint density at radius 1 is 0.354 bits per heavy atom. The Morgan fingerprint density at radius 2 is 0.656 bits per heavy atom. The molecule has 3 aliphatic rings. The van der Waals surface area contributed by atoms with E-state index < -0.39 is 117 Å². The van der Waals surface area contributed by atoms with Gasteiger partial charge in [0.15, 0.2) is 18.9 Å². The summed E-state index contributed by atoms with van der Waals surface area (Å²) in [7, 11) is 0. The molecule has 0 saturated carbocycles. The Balaban J connectivity index is 1.43. The van der Waals surface area contributed by atoms with Gasteiger partial charge in [0.05, 0.1) is 77.8 Å². The molecule has 27 nitrogen and oxygen atoms in total. The van der Waals surface area contributed by atoms with Gasteiger partial charge in [0.25, 0.3) is 0 Å². The molecule has 0 aliphatic carbocycles. The zero-order valence-corrected chi connectivity index (χ0v) is 57.9. The summed E-state index contributed by atoms with van der Waals surface area (Å²) >= 11 is 0. The zero-order valence-electron chi connectivity index (χ0n) is 57.9. The highest BCUT2D eigenvalue weighted by Gasteiger charge is 2.45. The first-order valence-electron chi connectivity index (χ1n) is 35.7. The van der Waals surface area contributed by atoms with E-state index in [-0.39, 0.29) is 132 Å². The van der Waals surface area contributed by atoms with E-state index in [2.05, 4.69) is 10.6 Å². The third kappa shape index (κ3) is 34.8. The number of aliphatic hydroxyl groups is 9. The van der Waals surface area contributed by atoms with Crippen molar-refractivity contribution in [1.82, 2.24) is 10.6 Å². The van der Waals surface area contributed by atoms with Crippen molar-refractivity contribution in [2.45, 2.75) is 281 Å². The van der Waals surface area contributed by atoms with Crippen LogP contribution in [0.5, 0.6) is 0 Å². The lowest BCUT2D eigenvalue weighted by Gasteiger charge is -2.40. The predicted octanol–water partition coefficient (Wildman–Crippen LogP) is 3.32. The number of nitrogens with one attached hydrogen (secondary N) is 2. The van der Waals surface area contributed by atoms with E-state index in [0.717, 1.165) is 12.8 Å². The highest BCUT2D eigenvalue weighted by atomic mass is 16.7. The minimum Gasteiger partial charge on any atom is -0.394 e. The van der Waals surface area contributed by atoms with E-state index in [0.29, 0.717) is 148 Å². The van der Waals surface area contributed by atoms with Crippen molar-refractivity contribution in [1.29, 1.82) is 0 Å². The maximum atomic E-state index is 13.6. The second-order valence-electron chi connectivity index (χ2n) is 26.6. The number of rotatable bonds is 58. The molecule has 3 rings (SSSR count). The van der Waals surface area contributed by atoms with E-state index in [1.165, 1.54) is 0 Å². The Labute approximate surface area is 568 Å². The Bertz CT molecular complexity index is 1940. The van der Waals surface area contributed by atoms with Crippen LogP contribution in [0.3, 0.4) is 0 Å². The van der Waals surface area contributed by atoms with Crippen molar-refractivity contribution in [2.75, 3.05) is 92.4 Å². The number of carbonyl (C=O) groups excluding carboxylic acids is 7. The summed E-state index contributed by atoms with van der Waals surface area (Å²) in [5, 5.41) is 95.0. The number of Topliss-reactive ketones (excluding diaryl/α,β-unsaturated/α-hetero) is 5. The molecule has 0 bridgehead atoms. The zero-order chi connectivity index (χ0) is 70.7. The smallest absolute Gasteiger partial charge is 0.222 e. The molecule has 0 radical (unpaired) electrons. The van der Waals surface area contributed by atoms with Crippen LogP contribution in [0, 0.1) is 23.2 Å². The van der Waals surface area contributed by atoms with Crippen molar-refractivity contribution in [3.63, 3.8) is 0 Å². The highest BCUT2D eigenvalue weighted by Crippen LogP contribution is 2.31. The number of ketones is 5. The number of aliphatic hydroxyl groups excluding tert-OH is 9. The maximum Gasteiger partial charge on any atom is 0.222 e. The first kappa shape index (κ1) is 86.8. The largest absolute Gasteiger partial charge is 0.394 e. The quantitative estimate of drug-likeness (QED) is 0.0389. The van der Waals surface area contributed by atoms with Crippen molar-refractivity contribution in [2.24, 2.45) is 23.2 Å². The van der Waals surface area contributed by atoms with Gasteiger partial charge in [-0.15, -0.1) is 0 Å². The number of hydrogen-bond donors (Lipinski definition) is 11. The fraction of sp³-hybridized carbons (Fsp3) is 0.899. The van der Waals surface area contributed by atoms with Crippen LogP contribution in [0.25, 0.3) is 0 Å². The maximum absolute atomic E-state index is 13.6. The van der Waals surface area contributed by atoms with Crippen LogP contribution in [0.2, 0.25) is 0 Å². The van der Waals surface area contributed by atoms with Crippen molar-refractivity contribution in [3.8, 4) is 0 Å². The standard InChI is InChI=1S/C69H122N2O25/c1-5-6-9-27-54(79)40-69(44-88-37-29-52(77)23-12-7-10-21-50(75)25-14-17-34-91-66-47(2)60(82)63(85)55(41-72)94-66,45-89-38-30-53(78)24-13-8-11-22-51(76)26-15-18-35-92-67-48(3)61(83)64(86)56(42-73)95-67)46-90-39-31-59(81)71-33-20-32-70-58(80)28-16-19-36-93-68-49(4)62(84)65(87)57(43-74)96-68/h47-49,55-57,60-68,72-74,82-87H,5-46H2,1-4H3,(H,70,80)(H,71,81). The molecule has 3 saturated heterocycles. The molecule has 3 heterocycles. The van der Waals surface area contributed by atoms with Gasteiger partial charge in [-0.2, -0.15) is 0 Å². The lowest BCUT2D eigenvalue weighted by molar-refractivity contribution is -0.282. The van der Waals surface area contributed by atoms with Crippen LogP contribution < -0.4 is 10.6 Å². The van der Waals surface area contributed by atoms with Crippen molar-refractivity contribution in [3.05, 3.63) is 0 Å². The summed E-state index contributed by atoms with van der Waals surface area (Å²) < 4.78 is 52.4. The topological polar surface area (TPSA) is 409 Å². The highest BCUT2D eigenvalue weighted by molar-refractivity contribution is 5.80. The molecular formula is C69H122N2O25. The van der Waals surface area contributed by atoms with Gasteiger partial charge in [0.1, 0.15) is 65.5 Å². The lowest BCUT2D eigenvalue weighted by atomic mass is 9.84. The number of unbranched alkanes of at least 4 members (excludes halogenated alkanes) is 9. The summed E-state index contributed by atoms with van der Waals surface area (Å²) in [6.07, 6.45) is 1.15. The molecule has 558 valence electrons. The number of hydrogen-bond acceptors (Lipinski definition) is 25. The first-order chi connectivity index (χ1) is 46.1. The Kier molecular flexibility index (Phi) is 45.9. The van der Waals surface area contributed by atoms with E-state index in [1.807, 2.05) is 6.92 Å². The molecule has 3 aliphatic heterocycles. The van der Waals surface area contributed by atoms with Crippen LogP contribution in [-0.4, -0.2) is 253 Å². The summed E-state index contributed by atoms with van der Waals surface area (Å²) in [6.45, 7) is 7.34.